The number of aliphatic carboxylic acids is 1. The smallest absolute Gasteiger partial charge is 0.328 e. The molecular weight excluding hydrogens is 258 g/mol. The van der Waals surface area contributed by atoms with E-state index in [1.165, 1.54) is 6.08 Å². The van der Waals surface area contributed by atoms with E-state index < -0.39 is 5.97 Å². The van der Waals surface area contributed by atoms with E-state index >= 15 is 0 Å². The van der Waals surface area contributed by atoms with Gasteiger partial charge in [0.25, 0.3) is 5.56 Å². The highest BCUT2D eigenvalue weighted by molar-refractivity contribution is 5.85. The molecule has 0 aliphatic rings. The maximum Gasteiger partial charge on any atom is 0.328 e. The largest absolute Gasteiger partial charge is 0.496 e. The number of nitrogens with one attached hydrogen (secondary N) is 1. The van der Waals surface area contributed by atoms with Crippen LogP contribution in [0.3, 0.4) is 0 Å². The molecule has 20 heavy (non-hydrogen) atoms. The SMILES string of the molecule is COc1ccccc1-c1ccc(/C=C/C(=O)O)c(=O)[nH]1. The van der Waals surface area contributed by atoms with Crippen LogP contribution >= 0.6 is 0 Å². The Hall–Kier alpha value is -2.82. The summed E-state index contributed by atoms with van der Waals surface area (Å²) in [5.41, 5.74) is 1.30. The van der Waals surface area contributed by atoms with Crippen molar-refractivity contribution in [3.05, 3.63) is 58.4 Å². The van der Waals surface area contributed by atoms with Gasteiger partial charge in [0.2, 0.25) is 0 Å². The fourth-order valence-corrected chi connectivity index (χ4v) is 1.80. The van der Waals surface area contributed by atoms with Gasteiger partial charge in [0.15, 0.2) is 0 Å². The second kappa shape index (κ2) is 5.88. The van der Waals surface area contributed by atoms with E-state index in [1.807, 2.05) is 18.2 Å². The lowest BCUT2D eigenvalue weighted by Gasteiger charge is -2.08. The first-order chi connectivity index (χ1) is 9.61. The zero-order chi connectivity index (χ0) is 14.5. The van der Waals surface area contributed by atoms with Crippen LogP contribution in [-0.4, -0.2) is 23.2 Å². The lowest BCUT2D eigenvalue weighted by atomic mass is 10.1. The summed E-state index contributed by atoms with van der Waals surface area (Å²) in [5, 5.41) is 8.55. The quantitative estimate of drug-likeness (QED) is 0.835. The van der Waals surface area contributed by atoms with Crippen molar-refractivity contribution in [2.75, 3.05) is 7.11 Å². The number of pyridine rings is 1. The first-order valence-corrected chi connectivity index (χ1v) is 5.89. The molecule has 0 aliphatic carbocycles. The van der Waals surface area contributed by atoms with Crippen LogP contribution in [0.1, 0.15) is 5.56 Å². The van der Waals surface area contributed by atoms with Crippen molar-refractivity contribution in [2.24, 2.45) is 0 Å². The Bertz CT molecular complexity index is 716. The van der Waals surface area contributed by atoms with Crippen LogP contribution in [-0.2, 0) is 4.79 Å². The molecule has 1 aromatic heterocycles. The molecule has 0 unspecified atom stereocenters. The van der Waals surface area contributed by atoms with Gasteiger partial charge in [-0.1, -0.05) is 12.1 Å². The first kappa shape index (κ1) is 13.6. The number of rotatable bonds is 4. The predicted octanol–water partition coefficient (Wildman–Crippen LogP) is 2.15. The van der Waals surface area contributed by atoms with Gasteiger partial charge in [0, 0.05) is 17.2 Å². The number of aromatic nitrogens is 1. The van der Waals surface area contributed by atoms with Crippen molar-refractivity contribution >= 4 is 12.0 Å². The average Bonchev–Trinajstić information content (AvgIpc) is 2.45. The van der Waals surface area contributed by atoms with Crippen LogP contribution < -0.4 is 10.3 Å². The van der Waals surface area contributed by atoms with Crippen molar-refractivity contribution in [3.63, 3.8) is 0 Å². The number of H-pyrrole nitrogens is 1. The Balaban J connectivity index is 2.43. The van der Waals surface area contributed by atoms with Gasteiger partial charge in [-0.05, 0) is 30.3 Å². The van der Waals surface area contributed by atoms with Crippen LogP contribution in [0.2, 0.25) is 0 Å². The minimum absolute atomic E-state index is 0.283. The summed E-state index contributed by atoms with van der Waals surface area (Å²) in [7, 11) is 1.56. The van der Waals surface area contributed by atoms with Gasteiger partial charge < -0.3 is 14.8 Å². The van der Waals surface area contributed by atoms with Crippen LogP contribution in [0.15, 0.2) is 47.3 Å². The Morgan fingerprint density at radius 1 is 1.25 bits per heavy atom. The molecule has 0 aliphatic heterocycles. The highest BCUT2D eigenvalue weighted by atomic mass is 16.5. The third-order valence-electron chi connectivity index (χ3n) is 2.74. The normalized spacial score (nSPS) is 10.7. The lowest BCUT2D eigenvalue weighted by molar-refractivity contribution is -0.131. The summed E-state index contributed by atoms with van der Waals surface area (Å²) < 4.78 is 5.24. The van der Waals surface area contributed by atoms with Crippen LogP contribution in [0.25, 0.3) is 17.3 Å². The molecule has 1 heterocycles. The summed E-state index contributed by atoms with van der Waals surface area (Å²) in [4.78, 5) is 25.0. The molecule has 2 aromatic rings. The molecule has 0 amide bonds. The third-order valence-corrected chi connectivity index (χ3v) is 2.74. The number of carboxylic acids is 1. The van der Waals surface area contributed by atoms with E-state index in [1.54, 1.807) is 25.3 Å². The molecule has 0 radical (unpaired) electrons. The molecular formula is C15H13NO4. The standard InChI is InChI=1S/C15H13NO4/c1-20-13-5-3-2-4-11(13)12-8-6-10(15(19)16-12)7-9-14(17)18/h2-9H,1H3,(H,16,19)(H,17,18)/b9-7+. The summed E-state index contributed by atoms with van der Waals surface area (Å²) >= 11 is 0. The number of para-hydroxylation sites is 1. The number of carbonyl (C=O) groups is 1. The lowest BCUT2D eigenvalue weighted by Crippen LogP contribution is -2.10. The molecule has 0 saturated heterocycles. The van der Waals surface area contributed by atoms with E-state index in [2.05, 4.69) is 4.98 Å². The minimum atomic E-state index is -1.10. The van der Waals surface area contributed by atoms with Crippen molar-refractivity contribution in [2.45, 2.75) is 0 Å². The Kier molecular flexibility index (Phi) is 4.00. The molecule has 2 N–H and O–H groups in total. The monoisotopic (exact) mass is 271 g/mol. The number of ether oxygens (including phenoxy) is 1. The van der Waals surface area contributed by atoms with Gasteiger partial charge in [-0.25, -0.2) is 4.79 Å². The van der Waals surface area contributed by atoms with Gasteiger partial charge in [-0.15, -0.1) is 0 Å². The van der Waals surface area contributed by atoms with Gasteiger partial charge in [-0.3, -0.25) is 4.79 Å². The number of hydrogen-bond acceptors (Lipinski definition) is 3. The molecule has 5 heteroatoms. The molecule has 0 spiro atoms. The van der Waals surface area contributed by atoms with Crippen LogP contribution in [0.5, 0.6) is 5.75 Å². The van der Waals surface area contributed by atoms with Gasteiger partial charge in [-0.2, -0.15) is 0 Å². The summed E-state index contributed by atoms with van der Waals surface area (Å²) in [6.45, 7) is 0. The average molecular weight is 271 g/mol. The second-order valence-electron chi connectivity index (χ2n) is 4.03. The highest BCUT2D eigenvalue weighted by Crippen LogP contribution is 2.27. The Labute approximate surface area is 115 Å². The molecule has 0 saturated carbocycles. The Morgan fingerprint density at radius 3 is 2.65 bits per heavy atom. The molecule has 2 rings (SSSR count). The van der Waals surface area contributed by atoms with Crippen molar-refractivity contribution < 1.29 is 14.6 Å². The van der Waals surface area contributed by atoms with E-state index in [0.29, 0.717) is 11.4 Å². The van der Waals surface area contributed by atoms with Crippen molar-refractivity contribution in [1.82, 2.24) is 4.98 Å². The molecule has 102 valence electrons. The van der Waals surface area contributed by atoms with Crippen LogP contribution in [0.4, 0.5) is 0 Å². The first-order valence-electron chi connectivity index (χ1n) is 5.89. The van der Waals surface area contributed by atoms with E-state index in [9.17, 15) is 9.59 Å². The zero-order valence-electron chi connectivity index (χ0n) is 10.8. The zero-order valence-corrected chi connectivity index (χ0v) is 10.8. The van der Waals surface area contributed by atoms with E-state index in [-0.39, 0.29) is 11.1 Å². The van der Waals surface area contributed by atoms with Crippen LogP contribution in [0, 0.1) is 0 Å². The molecule has 0 bridgehead atoms. The number of aromatic amines is 1. The fourth-order valence-electron chi connectivity index (χ4n) is 1.80. The third kappa shape index (κ3) is 2.95. The second-order valence-corrected chi connectivity index (χ2v) is 4.03. The fraction of sp³-hybridized carbons (Fsp3) is 0.0667. The number of hydrogen-bond donors (Lipinski definition) is 2. The highest BCUT2D eigenvalue weighted by Gasteiger charge is 2.06. The van der Waals surface area contributed by atoms with Crippen molar-refractivity contribution in [1.29, 1.82) is 0 Å². The van der Waals surface area contributed by atoms with Gasteiger partial charge >= 0.3 is 5.97 Å². The molecule has 0 fully saturated rings. The van der Waals surface area contributed by atoms with E-state index in [0.717, 1.165) is 11.6 Å². The summed E-state index contributed by atoms with van der Waals surface area (Å²) in [6, 6.07) is 10.6. The molecule has 1 aromatic carbocycles. The summed E-state index contributed by atoms with van der Waals surface area (Å²) in [6.07, 6.45) is 2.18. The molecule has 5 nitrogen and oxygen atoms in total. The van der Waals surface area contributed by atoms with E-state index in [4.69, 9.17) is 9.84 Å². The van der Waals surface area contributed by atoms with Crippen molar-refractivity contribution in [3.8, 4) is 17.0 Å². The number of methoxy groups -OCH3 is 1. The molecule has 0 atom stereocenters. The number of benzene rings is 1. The van der Waals surface area contributed by atoms with Gasteiger partial charge in [0.1, 0.15) is 5.75 Å². The maximum atomic E-state index is 11.9. The van der Waals surface area contributed by atoms with Gasteiger partial charge in [0.05, 0.1) is 12.8 Å². The minimum Gasteiger partial charge on any atom is -0.496 e. The summed E-state index contributed by atoms with van der Waals surface area (Å²) in [5.74, 6) is -0.449. The maximum absolute atomic E-state index is 11.9. The number of carboxylic acid groups (broad SMARTS) is 1. The predicted molar refractivity (Wildman–Crippen MR) is 75.7 cm³/mol. The topological polar surface area (TPSA) is 79.4 Å². The Morgan fingerprint density at radius 2 is 2.00 bits per heavy atom.